The number of aliphatic hydroxyl groups excluding tert-OH is 1. The van der Waals surface area contributed by atoms with E-state index in [9.17, 15) is 0 Å². The Morgan fingerprint density at radius 2 is 2.33 bits per heavy atom. The molecule has 82 valence electrons. The molecule has 4 nitrogen and oxygen atoms in total. The minimum absolute atomic E-state index is 0.535. The second-order valence-electron chi connectivity index (χ2n) is 2.76. The Morgan fingerprint density at radius 1 is 1.67 bits per heavy atom. The van der Waals surface area contributed by atoms with Crippen LogP contribution in [0.1, 0.15) is 12.6 Å². The van der Waals surface area contributed by atoms with E-state index >= 15 is 0 Å². The highest BCUT2D eigenvalue weighted by Crippen LogP contribution is 2.17. The number of hydrogen-bond donors (Lipinski definition) is 2. The van der Waals surface area contributed by atoms with Crippen LogP contribution in [0.15, 0.2) is 28.9 Å². The molecule has 1 heterocycles. The molecular weight excluding hydrogens is 190 g/mol. The topological polar surface area (TPSA) is 71.5 Å². The fourth-order valence-electron chi connectivity index (χ4n) is 0.946. The Morgan fingerprint density at radius 3 is 2.87 bits per heavy atom. The first-order chi connectivity index (χ1) is 7.27. The van der Waals surface area contributed by atoms with Gasteiger partial charge in [-0.25, -0.2) is 0 Å². The molecule has 0 amide bonds. The van der Waals surface area contributed by atoms with E-state index in [2.05, 4.69) is 16.7 Å². The third kappa shape index (κ3) is 4.49. The molecule has 0 saturated carbocycles. The minimum atomic E-state index is 0.535. The number of rotatable bonds is 3. The number of aliphatic imine (C=N–C) groups is 1. The summed E-state index contributed by atoms with van der Waals surface area (Å²) < 4.78 is 0. The summed E-state index contributed by atoms with van der Waals surface area (Å²) in [6.45, 7) is 5.97. The van der Waals surface area contributed by atoms with Crippen LogP contribution in [-0.4, -0.2) is 30.5 Å². The fourth-order valence-corrected chi connectivity index (χ4v) is 0.946. The summed E-state index contributed by atoms with van der Waals surface area (Å²) in [4.78, 5) is 8.03. The summed E-state index contributed by atoms with van der Waals surface area (Å²) in [7, 11) is 1.00. The molecule has 4 heteroatoms. The lowest BCUT2D eigenvalue weighted by Crippen LogP contribution is -1.99. The van der Waals surface area contributed by atoms with Crippen LogP contribution >= 0.6 is 0 Å². The van der Waals surface area contributed by atoms with E-state index in [1.54, 1.807) is 6.20 Å². The molecule has 1 aromatic heterocycles. The molecule has 1 aromatic rings. The van der Waals surface area contributed by atoms with E-state index in [1.165, 1.54) is 0 Å². The minimum Gasteiger partial charge on any atom is -0.400 e. The van der Waals surface area contributed by atoms with Gasteiger partial charge in [0.15, 0.2) is 0 Å². The number of aromatic nitrogens is 1. The van der Waals surface area contributed by atoms with E-state index in [1.807, 2.05) is 25.1 Å². The van der Waals surface area contributed by atoms with Gasteiger partial charge in [0.2, 0.25) is 0 Å². The van der Waals surface area contributed by atoms with E-state index in [0.29, 0.717) is 6.54 Å². The predicted molar refractivity (Wildman–Crippen MR) is 64.3 cm³/mol. The zero-order chi connectivity index (χ0) is 11.7. The molecule has 0 aliphatic rings. The quantitative estimate of drug-likeness (QED) is 0.735. The lowest BCUT2D eigenvalue weighted by atomic mass is 10.2. The molecular formula is C11H17N3O. The zero-order valence-corrected chi connectivity index (χ0v) is 9.14. The molecule has 0 radical (unpaired) electrons. The maximum atomic E-state index is 7.00. The first kappa shape index (κ1) is 13.5. The van der Waals surface area contributed by atoms with Crippen molar-refractivity contribution in [3.63, 3.8) is 0 Å². The average molecular weight is 207 g/mol. The number of aliphatic hydroxyl groups is 1. The number of nitrogens with zero attached hydrogens (tertiary/aromatic N) is 2. The van der Waals surface area contributed by atoms with Crippen LogP contribution in [0, 0.1) is 0 Å². The molecule has 0 aliphatic heterocycles. The summed E-state index contributed by atoms with van der Waals surface area (Å²) in [5.74, 6) is 0. The first-order valence-corrected chi connectivity index (χ1v) is 4.51. The van der Waals surface area contributed by atoms with Gasteiger partial charge in [0.05, 0.1) is 11.4 Å². The predicted octanol–water partition coefficient (Wildman–Crippen LogP) is 1.38. The molecule has 0 bridgehead atoms. The van der Waals surface area contributed by atoms with Crippen molar-refractivity contribution >= 4 is 18.5 Å². The van der Waals surface area contributed by atoms with Gasteiger partial charge in [-0.05, 0) is 31.9 Å². The normalized spacial score (nSPS) is 10.3. The van der Waals surface area contributed by atoms with E-state index < -0.39 is 0 Å². The molecule has 15 heavy (non-hydrogen) atoms. The van der Waals surface area contributed by atoms with Crippen LogP contribution in [0.25, 0.3) is 6.08 Å². The molecule has 0 aromatic carbocycles. The Balaban J connectivity index is 0.000000921. The highest BCUT2D eigenvalue weighted by atomic mass is 16.2. The van der Waals surface area contributed by atoms with Crippen molar-refractivity contribution in [1.82, 2.24) is 4.98 Å². The summed E-state index contributed by atoms with van der Waals surface area (Å²) in [6, 6.07) is 3.70. The average Bonchev–Trinajstić information content (AvgIpc) is 2.32. The smallest absolute Gasteiger partial charge is 0.0885 e. The van der Waals surface area contributed by atoms with Gasteiger partial charge in [0.1, 0.15) is 0 Å². The van der Waals surface area contributed by atoms with Gasteiger partial charge in [-0.3, -0.25) is 9.98 Å². The summed E-state index contributed by atoms with van der Waals surface area (Å²) in [5.41, 5.74) is 8.15. The van der Waals surface area contributed by atoms with Crippen molar-refractivity contribution in [2.24, 2.45) is 10.7 Å². The molecule has 0 unspecified atom stereocenters. The molecule has 0 atom stereocenters. The van der Waals surface area contributed by atoms with Crippen LogP contribution in [-0.2, 0) is 0 Å². The summed E-state index contributed by atoms with van der Waals surface area (Å²) >= 11 is 0. The number of nitrogens with two attached hydrogens (primary N) is 1. The second kappa shape index (κ2) is 7.84. The van der Waals surface area contributed by atoms with Crippen molar-refractivity contribution in [1.29, 1.82) is 0 Å². The van der Waals surface area contributed by atoms with E-state index in [-0.39, 0.29) is 0 Å². The standard InChI is InChI=1S/C10H13N3.CH4O/c1-8(7-11)6-10-9(12-2)4-3-5-13-10;1-2/h3-6H,2,7,11H2,1H3;2H,1H3/b8-6+;. The number of pyridine rings is 1. The largest absolute Gasteiger partial charge is 0.400 e. The molecule has 0 spiro atoms. The highest BCUT2D eigenvalue weighted by molar-refractivity contribution is 5.63. The van der Waals surface area contributed by atoms with Crippen molar-refractivity contribution < 1.29 is 5.11 Å². The molecule has 3 N–H and O–H groups in total. The van der Waals surface area contributed by atoms with Gasteiger partial charge in [-0.2, -0.15) is 0 Å². The molecule has 0 fully saturated rings. The monoisotopic (exact) mass is 207 g/mol. The Kier molecular flexibility index (Phi) is 7.05. The van der Waals surface area contributed by atoms with Crippen molar-refractivity contribution in [3.8, 4) is 0 Å². The lowest BCUT2D eigenvalue weighted by molar-refractivity contribution is 0.399. The second-order valence-corrected chi connectivity index (χ2v) is 2.76. The first-order valence-electron chi connectivity index (χ1n) is 4.51. The SMILES string of the molecule is C=Nc1cccnc1/C=C(\C)CN.CO. The third-order valence-electron chi connectivity index (χ3n) is 1.69. The maximum absolute atomic E-state index is 7.00. The van der Waals surface area contributed by atoms with Crippen molar-refractivity contribution in [2.45, 2.75) is 6.92 Å². The Hall–Kier alpha value is -1.52. The van der Waals surface area contributed by atoms with Gasteiger partial charge < -0.3 is 10.8 Å². The van der Waals surface area contributed by atoms with E-state index in [0.717, 1.165) is 24.1 Å². The van der Waals surface area contributed by atoms with Crippen molar-refractivity contribution in [3.05, 3.63) is 29.6 Å². The maximum Gasteiger partial charge on any atom is 0.0885 e. The lowest BCUT2D eigenvalue weighted by Gasteiger charge is -1.99. The molecule has 0 saturated heterocycles. The van der Waals surface area contributed by atoms with Gasteiger partial charge in [0.25, 0.3) is 0 Å². The van der Waals surface area contributed by atoms with E-state index in [4.69, 9.17) is 10.8 Å². The summed E-state index contributed by atoms with van der Waals surface area (Å²) in [6.07, 6.45) is 3.65. The van der Waals surface area contributed by atoms with Crippen LogP contribution < -0.4 is 5.73 Å². The van der Waals surface area contributed by atoms with Crippen LogP contribution in [0.5, 0.6) is 0 Å². The van der Waals surface area contributed by atoms with Crippen LogP contribution in [0.3, 0.4) is 0 Å². The van der Waals surface area contributed by atoms with Gasteiger partial charge in [-0.15, -0.1) is 0 Å². The third-order valence-corrected chi connectivity index (χ3v) is 1.69. The van der Waals surface area contributed by atoms with Crippen molar-refractivity contribution in [2.75, 3.05) is 13.7 Å². The Bertz CT molecular complexity index is 334. The summed E-state index contributed by atoms with van der Waals surface area (Å²) in [5, 5.41) is 7.00. The zero-order valence-electron chi connectivity index (χ0n) is 9.14. The van der Waals surface area contributed by atoms with Crippen LogP contribution in [0.4, 0.5) is 5.69 Å². The molecule has 0 aliphatic carbocycles. The Labute approximate surface area is 90.2 Å². The highest BCUT2D eigenvalue weighted by Gasteiger charge is 1.97. The molecule has 1 rings (SSSR count). The van der Waals surface area contributed by atoms with Gasteiger partial charge >= 0.3 is 0 Å². The number of hydrogen-bond acceptors (Lipinski definition) is 4. The van der Waals surface area contributed by atoms with Gasteiger partial charge in [0, 0.05) is 19.9 Å². The fraction of sp³-hybridized carbons (Fsp3) is 0.273. The van der Waals surface area contributed by atoms with Crippen LogP contribution in [0.2, 0.25) is 0 Å². The van der Waals surface area contributed by atoms with Gasteiger partial charge in [-0.1, -0.05) is 5.57 Å².